The lowest BCUT2D eigenvalue weighted by molar-refractivity contribution is -0.134. The van der Waals surface area contributed by atoms with Crippen molar-refractivity contribution in [2.45, 2.75) is 12.6 Å². The highest BCUT2D eigenvalue weighted by molar-refractivity contribution is 6.30. The van der Waals surface area contributed by atoms with Crippen LogP contribution in [0.15, 0.2) is 18.2 Å². The second-order valence-corrected chi connectivity index (χ2v) is 4.44. The number of rotatable bonds is 3. The minimum absolute atomic E-state index is 0. The van der Waals surface area contributed by atoms with Gasteiger partial charge >= 0.3 is 0 Å². The van der Waals surface area contributed by atoms with E-state index in [9.17, 15) is 9.18 Å². The Kier molecular flexibility index (Phi) is 6.51. The number of amides is 1. The van der Waals surface area contributed by atoms with E-state index in [2.05, 4.69) is 10.6 Å². The van der Waals surface area contributed by atoms with Crippen LogP contribution in [0.1, 0.15) is 5.56 Å². The van der Waals surface area contributed by atoms with Gasteiger partial charge in [-0.05, 0) is 17.7 Å². The fourth-order valence-corrected chi connectivity index (χ4v) is 1.89. The Bertz CT molecular complexity index is 440. The number of halogens is 3. The molecule has 0 spiro atoms. The maximum atomic E-state index is 12.9. The van der Waals surface area contributed by atoms with Crippen molar-refractivity contribution in [3.63, 3.8) is 0 Å². The number of carbonyl (C=O) groups excluding carboxylic acids is 1. The molecule has 0 radical (unpaired) electrons. The Hall–Kier alpha value is -0.880. The molecular formula is C12H15Cl2FN2O2. The van der Waals surface area contributed by atoms with E-state index in [1.165, 1.54) is 12.1 Å². The molecule has 19 heavy (non-hydrogen) atoms. The lowest BCUT2D eigenvalue weighted by atomic mass is 10.2. The molecular weight excluding hydrogens is 294 g/mol. The first-order valence-electron chi connectivity index (χ1n) is 5.71. The predicted octanol–water partition coefficient (Wildman–Crippen LogP) is 1.51. The molecule has 0 aromatic heterocycles. The molecule has 7 heteroatoms. The Morgan fingerprint density at radius 3 is 3.00 bits per heavy atom. The summed E-state index contributed by atoms with van der Waals surface area (Å²) in [5.41, 5.74) is 0.749. The Morgan fingerprint density at radius 2 is 2.37 bits per heavy atom. The molecule has 106 valence electrons. The second-order valence-electron chi connectivity index (χ2n) is 4.03. The fourth-order valence-electron chi connectivity index (χ4n) is 1.69. The number of hydrogen-bond acceptors (Lipinski definition) is 3. The summed E-state index contributed by atoms with van der Waals surface area (Å²) in [6.07, 6.45) is -0.463. The van der Waals surface area contributed by atoms with Gasteiger partial charge in [-0.2, -0.15) is 0 Å². The van der Waals surface area contributed by atoms with Crippen LogP contribution in [0.5, 0.6) is 0 Å². The average Bonchev–Trinajstić information content (AvgIpc) is 2.41. The topological polar surface area (TPSA) is 50.4 Å². The first kappa shape index (κ1) is 16.2. The van der Waals surface area contributed by atoms with Gasteiger partial charge in [0.1, 0.15) is 11.9 Å². The summed E-state index contributed by atoms with van der Waals surface area (Å²) < 4.78 is 18.3. The number of hydrogen-bond donors (Lipinski definition) is 2. The van der Waals surface area contributed by atoms with Crippen LogP contribution in [0.4, 0.5) is 4.39 Å². The predicted molar refractivity (Wildman–Crippen MR) is 73.1 cm³/mol. The highest BCUT2D eigenvalue weighted by Gasteiger charge is 2.21. The summed E-state index contributed by atoms with van der Waals surface area (Å²) in [5.74, 6) is -0.644. The smallest absolute Gasteiger partial charge is 0.250 e. The van der Waals surface area contributed by atoms with E-state index in [-0.39, 0.29) is 23.3 Å². The average molecular weight is 309 g/mol. The van der Waals surface area contributed by atoms with Crippen LogP contribution in [0.25, 0.3) is 0 Å². The first-order chi connectivity index (χ1) is 8.66. The largest absolute Gasteiger partial charge is 0.366 e. The summed E-state index contributed by atoms with van der Waals surface area (Å²) in [7, 11) is 0. The molecule has 1 aliphatic heterocycles. The fraction of sp³-hybridized carbons (Fsp3) is 0.417. The molecule has 1 fully saturated rings. The van der Waals surface area contributed by atoms with E-state index < -0.39 is 11.9 Å². The van der Waals surface area contributed by atoms with Crippen molar-refractivity contribution in [2.75, 3.05) is 19.7 Å². The van der Waals surface area contributed by atoms with E-state index in [0.717, 1.165) is 12.1 Å². The Balaban J connectivity index is 0.00000180. The van der Waals surface area contributed by atoms with Crippen LogP contribution >= 0.6 is 24.0 Å². The molecule has 1 amide bonds. The molecule has 1 aromatic carbocycles. The summed E-state index contributed by atoms with van der Waals surface area (Å²) >= 11 is 5.66. The lowest BCUT2D eigenvalue weighted by Gasteiger charge is -2.22. The van der Waals surface area contributed by atoms with Crippen LogP contribution in [-0.4, -0.2) is 31.7 Å². The van der Waals surface area contributed by atoms with Gasteiger partial charge < -0.3 is 15.4 Å². The Morgan fingerprint density at radius 1 is 1.58 bits per heavy atom. The molecule has 1 aliphatic rings. The van der Waals surface area contributed by atoms with Crippen LogP contribution < -0.4 is 10.6 Å². The third-order valence-corrected chi connectivity index (χ3v) is 2.96. The van der Waals surface area contributed by atoms with E-state index in [4.69, 9.17) is 16.3 Å². The third kappa shape index (κ3) is 4.62. The minimum Gasteiger partial charge on any atom is -0.366 e. The maximum absolute atomic E-state index is 12.9. The zero-order chi connectivity index (χ0) is 13.0. The highest BCUT2D eigenvalue weighted by atomic mass is 35.5. The molecule has 1 aromatic rings. The van der Waals surface area contributed by atoms with Gasteiger partial charge in [0.05, 0.1) is 11.6 Å². The third-order valence-electron chi connectivity index (χ3n) is 2.67. The molecule has 2 rings (SSSR count). The number of morpholine rings is 1. The second kappa shape index (κ2) is 7.65. The minimum atomic E-state index is -0.466. The molecule has 0 bridgehead atoms. The number of benzene rings is 1. The summed E-state index contributed by atoms with van der Waals surface area (Å²) in [4.78, 5) is 11.7. The molecule has 4 nitrogen and oxygen atoms in total. The van der Waals surface area contributed by atoms with Crippen molar-refractivity contribution < 1.29 is 13.9 Å². The molecule has 1 atom stereocenters. The van der Waals surface area contributed by atoms with E-state index in [0.29, 0.717) is 19.7 Å². The van der Waals surface area contributed by atoms with Gasteiger partial charge in [0.15, 0.2) is 0 Å². The van der Waals surface area contributed by atoms with Gasteiger partial charge in [-0.25, -0.2) is 4.39 Å². The van der Waals surface area contributed by atoms with Gasteiger partial charge in [-0.3, -0.25) is 4.79 Å². The van der Waals surface area contributed by atoms with Gasteiger partial charge in [0.25, 0.3) is 5.91 Å². The molecule has 1 saturated heterocycles. The zero-order valence-electron chi connectivity index (χ0n) is 10.1. The standard InChI is InChI=1S/C12H14ClFN2O2.ClH/c13-9-5-8(1-2-10(9)14)6-16-12(17)11-7-15-3-4-18-11;/h1-2,5,11,15H,3-4,6-7H2,(H,16,17);1H. The van der Waals surface area contributed by atoms with Gasteiger partial charge in [0, 0.05) is 19.6 Å². The first-order valence-corrected chi connectivity index (χ1v) is 6.08. The van der Waals surface area contributed by atoms with Crippen LogP contribution in [0, 0.1) is 5.82 Å². The quantitative estimate of drug-likeness (QED) is 0.890. The zero-order valence-corrected chi connectivity index (χ0v) is 11.7. The van der Waals surface area contributed by atoms with Crippen molar-refractivity contribution in [2.24, 2.45) is 0 Å². The highest BCUT2D eigenvalue weighted by Crippen LogP contribution is 2.15. The van der Waals surface area contributed by atoms with E-state index in [1.54, 1.807) is 6.07 Å². The molecule has 0 saturated carbocycles. The summed E-state index contributed by atoms with van der Waals surface area (Å²) in [6.45, 7) is 2.10. The van der Waals surface area contributed by atoms with E-state index >= 15 is 0 Å². The van der Waals surface area contributed by atoms with Crippen molar-refractivity contribution in [3.05, 3.63) is 34.6 Å². The van der Waals surface area contributed by atoms with Crippen LogP contribution in [-0.2, 0) is 16.1 Å². The molecule has 1 unspecified atom stereocenters. The summed E-state index contributed by atoms with van der Waals surface area (Å²) in [5, 5.41) is 5.86. The van der Waals surface area contributed by atoms with Crippen LogP contribution in [0.2, 0.25) is 5.02 Å². The molecule has 0 aliphatic carbocycles. The van der Waals surface area contributed by atoms with Gasteiger partial charge in [-0.1, -0.05) is 17.7 Å². The maximum Gasteiger partial charge on any atom is 0.250 e. The monoisotopic (exact) mass is 308 g/mol. The van der Waals surface area contributed by atoms with Gasteiger partial charge in [0.2, 0.25) is 0 Å². The summed E-state index contributed by atoms with van der Waals surface area (Å²) in [6, 6.07) is 4.36. The number of carbonyl (C=O) groups is 1. The number of nitrogens with one attached hydrogen (secondary N) is 2. The molecule has 2 N–H and O–H groups in total. The lowest BCUT2D eigenvalue weighted by Crippen LogP contribution is -2.47. The molecule has 1 heterocycles. The van der Waals surface area contributed by atoms with Crippen molar-refractivity contribution in [1.82, 2.24) is 10.6 Å². The van der Waals surface area contributed by atoms with Crippen LogP contribution in [0.3, 0.4) is 0 Å². The van der Waals surface area contributed by atoms with Crippen molar-refractivity contribution >= 4 is 29.9 Å². The van der Waals surface area contributed by atoms with E-state index in [1.807, 2.05) is 0 Å². The number of ether oxygens (including phenoxy) is 1. The SMILES string of the molecule is Cl.O=C(NCc1ccc(F)c(Cl)c1)C1CNCCO1. The van der Waals surface area contributed by atoms with Crippen molar-refractivity contribution in [3.8, 4) is 0 Å². The van der Waals surface area contributed by atoms with Gasteiger partial charge in [-0.15, -0.1) is 12.4 Å². The Labute approximate surface area is 122 Å². The van der Waals surface area contributed by atoms with Crippen molar-refractivity contribution in [1.29, 1.82) is 0 Å². The normalized spacial score (nSPS) is 18.5.